The van der Waals surface area contributed by atoms with Crippen molar-refractivity contribution in [3.8, 4) is 0 Å². The Balaban J connectivity index is 2.04. The van der Waals surface area contributed by atoms with E-state index in [0.29, 0.717) is 11.5 Å². The second-order valence-corrected chi connectivity index (χ2v) is 5.21. The molecule has 0 radical (unpaired) electrons. The molecule has 0 bridgehead atoms. The van der Waals surface area contributed by atoms with Crippen LogP contribution in [0, 0.1) is 5.41 Å². The molecule has 0 saturated heterocycles. The molecular weight excluding hydrogens is 200 g/mol. The van der Waals surface area contributed by atoms with Crippen molar-refractivity contribution in [2.45, 2.75) is 52.1 Å². The molecule has 16 heavy (non-hydrogen) atoms. The lowest BCUT2D eigenvalue weighted by molar-refractivity contribution is 0.311. The first kappa shape index (κ1) is 11.6. The molecule has 2 atom stereocenters. The lowest BCUT2D eigenvalue weighted by Gasteiger charge is -2.23. The van der Waals surface area contributed by atoms with Gasteiger partial charge < -0.3 is 5.32 Å². The minimum absolute atomic E-state index is 0.396. The van der Waals surface area contributed by atoms with E-state index in [1.807, 2.05) is 4.68 Å². The molecule has 4 heteroatoms. The van der Waals surface area contributed by atoms with Gasteiger partial charge >= 0.3 is 0 Å². The van der Waals surface area contributed by atoms with Gasteiger partial charge in [-0.2, -0.15) is 5.10 Å². The van der Waals surface area contributed by atoms with Gasteiger partial charge in [-0.25, -0.2) is 4.98 Å². The van der Waals surface area contributed by atoms with Crippen LogP contribution in [0.15, 0.2) is 6.33 Å². The van der Waals surface area contributed by atoms with Gasteiger partial charge in [0.05, 0.1) is 0 Å². The van der Waals surface area contributed by atoms with Crippen molar-refractivity contribution in [2.24, 2.45) is 5.41 Å². The zero-order chi connectivity index (χ0) is 11.6. The fourth-order valence-electron chi connectivity index (χ4n) is 2.80. The number of aryl methyl sites for hydroxylation is 1. The molecule has 1 saturated carbocycles. The molecule has 0 aromatic carbocycles. The standard InChI is InChI=1S/C12H22N4/c1-4-16-11(14-9-15-16)8-12(2)6-5-10(7-12)13-3/h9-10,13H,4-8H2,1-3H3. The summed E-state index contributed by atoms with van der Waals surface area (Å²) in [6.07, 6.45) is 6.55. The maximum Gasteiger partial charge on any atom is 0.138 e. The Kier molecular flexibility index (Phi) is 3.28. The molecule has 0 amide bonds. The summed E-state index contributed by atoms with van der Waals surface area (Å²) in [7, 11) is 2.06. The highest BCUT2D eigenvalue weighted by molar-refractivity contribution is 4.97. The van der Waals surface area contributed by atoms with E-state index >= 15 is 0 Å². The zero-order valence-corrected chi connectivity index (χ0v) is 10.5. The minimum atomic E-state index is 0.396. The van der Waals surface area contributed by atoms with E-state index in [4.69, 9.17) is 0 Å². The Labute approximate surface area is 97.5 Å². The molecular formula is C12H22N4. The summed E-state index contributed by atoms with van der Waals surface area (Å²) < 4.78 is 2.01. The third-order valence-corrected chi connectivity index (χ3v) is 3.82. The summed E-state index contributed by atoms with van der Waals surface area (Å²) >= 11 is 0. The SMILES string of the molecule is CCn1ncnc1CC1(C)CCC(NC)C1. The van der Waals surface area contributed by atoms with Crippen LogP contribution < -0.4 is 5.32 Å². The Morgan fingerprint density at radius 2 is 2.44 bits per heavy atom. The quantitative estimate of drug-likeness (QED) is 0.842. The molecule has 90 valence electrons. The van der Waals surface area contributed by atoms with Crippen LogP contribution in [0.25, 0.3) is 0 Å². The largest absolute Gasteiger partial charge is 0.317 e. The number of aromatic nitrogens is 3. The average molecular weight is 222 g/mol. The van der Waals surface area contributed by atoms with Crippen LogP contribution in [0.2, 0.25) is 0 Å². The van der Waals surface area contributed by atoms with Crippen LogP contribution in [-0.2, 0) is 13.0 Å². The van der Waals surface area contributed by atoms with Crippen molar-refractivity contribution in [3.63, 3.8) is 0 Å². The van der Waals surface area contributed by atoms with Gasteiger partial charge in [0.15, 0.2) is 0 Å². The molecule has 0 aliphatic heterocycles. The highest BCUT2D eigenvalue weighted by Gasteiger charge is 2.35. The van der Waals surface area contributed by atoms with E-state index < -0.39 is 0 Å². The summed E-state index contributed by atoms with van der Waals surface area (Å²) in [6.45, 7) is 5.41. The maximum atomic E-state index is 4.38. The number of nitrogens with one attached hydrogen (secondary N) is 1. The van der Waals surface area contributed by atoms with Crippen molar-refractivity contribution in [3.05, 3.63) is 12.2 Å². The average Bonchev–Trinajstić information content (AvgIpc) is 2.85. The van der Waals surface area contributed by atoms with E-state index in [1.54, 1.807) is 6.33 Å². The van der Waals surface area contributed by atoms with Crippen LogP contribution in [-0.4, -0.2) is 27.9 Å². The maximum absolute atomic E-state index is 4.38. The number of hydrogen-bond donors (Lipinski definition) is 1. The number of rotatable bonds is 4. The van der Waals surface area contributed by atoms with E-state index in [9.17, 15) is 0 Å². The Bertz CT molecular complexity index is 347. The monoisotopic (exact) mass is 222 g/mol. The number of nitrogens with zero attached hydrogens (tertiary/aromatic N) is 3. The highest BCUT2D eigenvalue weighted by Crippen LogP contribution is 2.40. The molecule has 1 heterocycles. The molecule has 1 aliphatic rings. The summed E-state index contributed by atoms with van der Waals surface area (Å²) in [5, 5.41) is 7.62. The lowest BCUT2D eigenvalue weighted by atomic mass is 9.84. The van der Waals surface area contributed by atoms with E-state index in [-0.39, 0.29) is 0 Å². The third kappa shape index (κ3) is 2.26. The third-order valence-electron chi connectivity index (χ3n) is 3.82. The summed E-state index contributed by atoms with van der Waals surface area (Å²) in [4.78, 5) is 4.38. The molecule has 0 spiro atoms. The lowest BCUT2D eigenvalue weighted by Crippen LogP contribution is -2.25. The Hall–Kier alpha value is -0.900. The van der Waals surface area contributed by atoms with Crippen molar-refractivity contribution in [1.82, 2.24) is 20.1 Å². The first-order valence-corrected chi connectivity index (χ1v) is 6.21. The van der Waals surface area contributed by atoms with Gasteiger partial charge in [0.2, 0.25) is 0 Å². The number of hydrogen-bond acceptors (Lipinski definition) is 3. The predicted molar refractivity (Wildman–Crippen MR) is 64.2 cm³/mol. The zero-order valence-electron chi connectivity index (χ0n) is 10.5. The van der Waals surface area contributed by atoms with Gasteiger partial charge in [-0.05, 0) is 38.6 Å². The van der Waals surface area contributed by atoms with E-state index in [1.165, 1.54) is 19.3 Å². The predicted octanol–water partition coefficient (Wildman–Crippen LogP) is 1.62. The normalized spacial score (nSPS) is 29.8. The van der Waals surface area contributed by atoms with Gasteiger partial charge in [-0.1, -0.05) is 6.92 Å². The van der Waals surface area contributed by atoms with Crippen LogP contribution >= 0.6 is 0 Å². The first-order valence-electron chi connectivity index (χ1n) is 6.21. The van der Waals surface area contributed by atoms with Gasteiger partial charge in [0.1, 0.15) is 12.2 Å². The van der Waals surface area contributed by atoms with Gasteiger partial charge in [-0.15, -0.1) is 0 Å². The minimum Gasteiger partial charge on any atom is -0.317 e. The van der Waals surface area contributed by atoms with Crippen LogP contribution in [0.4, 0.5) is 0 Å². The highest BCUT2D eigenvalue weighted by atomic mass is 15.3. The summed E-state index contributed by atoms with van der Waals surface area (Å²) in [5.41, 5.74) is 0.396. The van der Waals surface area contributed by atoms with Gasteiger partial charge in [-0.3, -0.25) is 4.68 Å². The second kappa shape index (κ2) is 4.53. The Morgan fingerprint density at radius 3 is 3.06 bits per heavy atom. The molecule has 2 rings (SSSR count). The molecule has 2 unspecified atom stereocenters. The van der Waals surface area contributed by atoms with Gasteiger partial charge in [0, 0.05) is 19.0 Å². The molecule has 4 nitrogen and oxygen atoms in total. The van der Waals surface area contributed by atoms with Crippen molar-refractivity contribution < 1.29 is 0 Å². The van der Waals surface area contributed by atoms with Crippen molar-refractivity contribution in [1.29, 1.82) is 0 Å². The van der Waals surface area contributed by atoms with E-state index in [2.05, 4.69) is 36.3 Å². The Morgan fingerprint density at radius 1 is 1.62 bits per heavy atom. The molecule has 1 fully saturated rings. The van der Waals surface area contributed by atoms with Gasteiger partial charge in [0.25, 0.3) is 0 Å². The second-order valence-electron chi connectivity index (χ2n) is 5.21. The van der Waals surface area contributed by atoms with Crippen LogP contribution in [0.3, 0.4) is 0 Å². The molecule has 1 aliphatic carbocycles. The van der Waals surface area contributed by atoms with E-state index in [0.717, 1.165) is 18.8 Å². The molecule has 1 N–H and O–H groups in total. The fraction of sp³-hybridized carbons (Fsp3) is 0.833. The summed E-state index contributed by atoms with van der Waals surface area (Å²) in [6, 6.07) is 0.683. The fourth-order valence-corrected chi connectivity index (χ4v) is 2.80. The van der Waals surface area contributed by atoms with Crippen LogP contribution in [0.1, 0.15) is 38.9 Å². The topological polar surface area (TPSA) is 42.7 Å². The summed E-state index contributed by atoms with van der Waals surface area (Å²) in [5.74, 6) is 1.14. The molecule has 1 aromatic rings. The van der Waals surface area contributed by atoms with Crippen molar-refractivity contribution in [2.75, 3.05) is 7.05 Å². The van der Waals surface area contributed by atoms with Crippen molar-refractivity contribution >= 4 is 0 Å². The first-order chi connectivity index (χ1) is 7.67. The smallest absolute Gasteiger partial charge is 0.138 e. The van der Waals surface area contributed by atoms with Crippen LogP contribution in [0.5, 0.6) is 0 Å². The molecule has 1 aromatic heterocycles.